The lowest BCUT2D eigenvalue weighted by Gasteiger charge is -2.10. The lowest BCUT2D eigenvalue weighted by Crippen LogP contribution is -2.30. The van der Waals surface area contributed by atoms with Crippen molar-refractivity contribution in [2.45, 2.75) is 19.9 Å². The summed E-state index contributed by atoms with van der Waals surface area (Å²) in [6.07, 6.45) is 1.77. The number of fused-ring (bicyclic) bond motifs is 1. The van der Waals surface area contributed by atoms with Crippen LogP contribution in [0, 0.1) is 0 Å². The highest BCUT2D eigenvalue weighted by atomic mass is 16.5. The molecule has 6 heteroatoms. The van der Waals surface area contributed by atoms with Crippen LogP contribution in [0.2, 0.25) is 0 Å². The lowest BCUT2D eigenvalue weighted by molar-refractivity contribution is 0.0943. The van der Waals surface area contributed by atoms with Crippen molar-refractivity contribution in [3.05, 3.63) is 66.4 Å². The van der Waals surface area contributed by atoms with Crippen molar-refractivity contribution >= 4 is 16.9 Å². The van der Waals surface area contributed by atoms with Crippen LogP contribution in [-0.4, -0.2) is 34.2 Å². The van der Waals surface area contributed by atoms with E-state index in [0.29, 0.717) is 11.2 Å². The third-order valence-corrected chi connectivity index (χ3v) is 4.66. The maximum atomic E-state index is 12.4. The Bertz CT molecular complexity index is 1180. The minimum atomic E-state index is -0.0890. The Balaban J connectivity index is 1.78. The second-order valence-corrected chi connectivity index (χ2v) is 7.10. The number of pyridine rings is 1. The van der Waals surface area contributed by atoms with E-state index in [0.717, 1.165) is 33.5 Å². The van der Waals surface area contributed by atoms with E-state index in [9.17, 15) is 4.79 Å². The highest BCUT2D eigenvalue weighted by molar-refractivity contribution is 5.97. The van der Waals surface area contributed by atoms with Crippen LogP contribution in [-0.2, 0) is 0 Å². The van der Waals surface area contributed by atoms with Crippen molar-refractivity contribution < 1.29 is 9.53 Å². The number of nitrogens with zero attached hydrogens (tertiary/aromatic N) is 2. The first kappa shape index (κ1) is 18.7. The fraction of sp³-hybridized carbons (Fsp3) is 0.174. The van der Waals surface area contributed by atoms with Crippen molar-refractivity contribution in [2.24, 2.45) is 0 Å². The second kappa shape index (κ2) is 7.75. The second-order valence-electron chi connectivity index (χ2n) is 7.10. The van der Waals surface area contributed by atoms with Gasteiger partial charge in [0.2, 0.25) is 0 Å². The van der Waals surface area contributed by atoms with E-state index in [-0.39, 0.29) is 11.9 Å². The number of para-hydroxylation sites is 1. The van der Waals surface area contributed by atoms with E-state index in [1.54, 1.807) is 13.3 Å². The first-order valence-electron chi connectivity index (χ1n) is 9.45. The standard InChI is InChI=1S/C23H22N4O2/c1-14(2)25-23(28)16-8-6-7-15(11-16)17-12-19-21(26-27-22(19)24-13-17)18-9-4-5-10-20(18)29-3/h4-14H,1-3H3,(H,25,28)(H,24,26,27). The third kappa shape index (κ3) is 3.69. The van der Waals surface area contributed by atoms with Gasteiger partial charge in [-0.3, -0.25) is 9.89 Å². The monoisotopic (exact) mass is 386 g/mol. The zero-order valence-corrected chi connectivity index (χ0v) is 16.6. The third-order valence-electron chi connectivity index (χ3n) is 4.66. The number of H-pyrrole nitrogens is 1. The molecule has 6 nitrogen and oxygen atoms in total. The molecule has 2 aromatic carbocycles. The molecular weight excluding hydrogens is 364 g/mol. The van der Waals surface area contributed by atoms with Gasteiger partial charge in [0.1, 0.15) is 5.75 Å². The fourth-order valence-electron chi connectivity index (χ4n) is 3.30. The normalized spacial score (nSPS) is 11.0. The van der Waals surface area contributed by atoms with Crippen LogP contribution in [0.15, 0.2) is 60.8 Å². The minimum absolute atomic E-state index is 0.0820. The average molecular weight is 386 g/mol. The van der Waals surface area contributed by atoms with Gasteiger partial charge in [-0.1, -0.05) is 24.3 Å². The van der Waals surface area contributed by atoms with E-state index in [1.165, 1.54) is 0 Å². The molecular formula is C23H22N4O2. The summed E-state index contributed by atoms with van der Waals surface area (Å²) in [5.41, 5.74) is 4.84. The summed E-state index contributed by atoms with van der Waals surface area (Å²) in [6.45, 7) is 3.88. The van der Waals surface area contributed by atoms with E-state index >= 15 is 0 Å². The maximum Gasteiger partial charge on any atom is 0.251 e. The van der Waals surface area contributed by atoms with E-state index in [1.807, 2.05) is 68.4 Å². The molecule has 0 radical (unpaired) electrons. The summed E-state index contributed by atoms with van der Waals surface area (Å²) in [5, 5.41) is 11.2. The van der Waals surface area contributed by atoms with Gasteiger partial charge in [-0.25, -0.2) is 4.98 Å². The topological polar surface area (TPSA) is 79.9 Å². The molecule has 0 saturated carbocycles. The Labute approximate surface area is 168 Å². The van der Waals surface area contributed by atoms with E-state index in [4.69, 9.17) is 4.74 Å². The predicted molar refractivity (Wildman–Crippen MR) is 114 cm³/mol. The van der Waals surface area contributed by atoms with Crippen LogP contribution in [0.4, 0.5) is 0 Å². The fourth-order valence-corrected chi connectivity index (χ4v) is 3.30. The van der Waals surface area contributed by atoms with Crippen molar-refractivity contribution in [3.8, 4) is 28.1 Å². The molecule has 4 aromatic rings. The number of rotatable bonds is 5. The lowest BCUT2D eigenvalue weighted by atomic mass is 10.0. The molecule has 0 bridgehead atoms. The first-order valence-corrected chi connectivity index (χ1v) is 9.45. The molecule has 0 aliphatic carbocycles. The summed E-state index contributed by atoms with van der Waals surface area (Å²) in [5.74, 6) is 0.671. The highest BCUT2D eigenvalue weighted by Gasteiger charge is 2.14. The highest BCUT2D eigenvalue weighted by Crippen LogP contribution is 2.34. The van der Waals surface area contributed by atoms with Gasteiger partial charge in [0.15, 0.2) is 5.65 Å². The van der Waals surface area contributed by atoms with Gasteiger partial charge in [-0.15, -0.1) is 0 Å². The van der Waals surface area contributed by atoms with Crippen LogP contribution in [0.5, 0.6) is 5.75 Å². The van der Waals surface area contributed by atoms with Crippen LogP contribution < -0.4 is 10.1 Å². The van der Waals surface area contributed by atoms with Gasteiger partial charge in [-0.05, 0) is 49.7 Å². The molecule has 0 aliphatic rings. The molecule has 0 unspecified atom stereocenters. The van der Waals surface area contributed by atoms with Crippen LogP contribution in [0.3, 0.4) is 0 Å². The Hall–Kier alpha value is -3.67. The molecule has 29 heavy (non-hydrogen) atoms. The number of benzene rings is 2. The molecule has 146 valence electrons. The van der Waals surface area contributed by atoms with Crippen molar-refractivity contribution in [3.63, 3.8) is 0 Å². The number of amides is 1. The van der Waals surface area contributed by atoms with Gasteiger partial charge in [0, 0.05) is 34.3 Å². The number of aromatic nitrogens is 3. The SMILES string of the molecule is COc1ccccc1-c1[nH]nc2ncc(-c3cccc(C(=O)NC(C)C)c3)cc12. The zero-order chi connectivity index (χ0) is 20.4. The van der Waals surface area contributed by atoms with E-state index < -0.39 is 0 Å². The Morgan fingerprint density at radius 2 is 1.90 bits per heavy atom. The zero-order valence-electron chi connectivity index (χ0n) is 16.6. The van der Waals surface area contributed by atoms with Crippen molar-refractivity contribution in [2.75, 3.05) is 7.11 Å². The maximum absolute atomic E-state index is 12.4. The molecule has 1 amide bonds. The number of nitrogens with one attached hydrogen (secondary N) is 2. The minimum Gasteiger partial charge on any atom is -0.496 e. The van der Waals surface area contributed by atoms with Crippen molar-refractivity contribution in [1.82, 2.24) is 20.5 Å². The van der Waals surface area contributed by atoms with Crippen LogP contribution in [0.1, 0.15) is 24.2 Å². The first-order chi connectivity index (χ1) is 14.1. The quantitative estimate of drug-likeness (QED) is 0.531. The molecule has 0 spiro atoms. The number of methoxy groups -OCH3 is 1. The largest absolute Gasteiger partial charge is 0.496 e. The number of hydrogen-bond donors (Lipinski definition) is 2. The average Bonchev–Trinajstić information content (AvgIpc) is 3.16. The Morgan fingerprint density at radius 3 is 2.69 bits per heavy atom. The summed E-state index contributed by atoms with van der Waals surface area (Å²) < 4.78 is 5.49. The molecule has 4 rings (SSSR count). The molecule has 0 saturated heterocycles. The van der Waals surface area contributed by atoms with Gasteiger partial charge in [-0.2, -0.15) is 5.10 Å². The number of carbonyl (C=O) groups excluding carboxylic acids is 1. The van der Waals surface area contributed by atoms with Crippen molar-refractivity contribution in [1.29, 1.82) is 0 Å². The predicted octanol–water partition coefficient (Wildman–Crippen LogP) is 4.44. The summed E-state index contributed by atoms with van der Waals surface area (Å²) in [7, 11) is 1.65. The summed E-state index contributed by atoms with van der Waals surface area (Å²) in [4.78, 5) is 16.9. The van der Waals surface area contributed by atoms with Gasteiger partial charge >= 0.3 is 0 Å². The number of ether oxygens (including phenoxy) is 1. The number of aromatic amines is 1. The molecule has 0 atom stereocenters. The molecule has 2 N–H and O–H groups in total. The number of hydrogen-bond acceptors (Lipinski definition) is 4. The summed E-state index contributed by atoms with van der Waals surface area (Å²) in [6, 6.07) is 17.4. The van der Waals surface area contributed by atoms with Crippen LogP contribution in [0.25, 0.3) is 33.4 Å². The Morgan fingerprint density at radius 1 is 1.07 bits per heavy atom. The molecule has 2 aromatic heterocycles. The molecule has 2 heterocycles. The Kier molecular flexibility index (Phi) is 4.99. The molecule has 0 aliphatic heterocycles. The summed E-state index contributed by atoms with van der Waals surface area (Å²) >= 11 is 0. The van der Waals surface area contributed by atoms with E-state index in [2.05, 4.69) is 20.5 Å². The van der Waals surface area contributed by atoms with Gasteiger partial charge < -0.3 is 10.1 Å². The smallest absolute Gasteiger partial charge is 0.251 e. The number of carbonyl (C=O) groups is 1. The van der Waals surface area contributed by atoms with Gasteiger partial charge in [0.05, 0.1) is 12.8 Å². The van der Waals surface area contributed by atoms with Crippen LogP contribution >= 0.6 is 0 Å². The van der Waals surface area contributed by atoms with Gasteiger partial charge in [0.25, 0.3) is 5.91 Å². The molecule has 0 fully saturated rings.